The van der Waals surface area contributed by atoms with Crippen LogP contribution in [0.25, 0.3) is 17.0 Å². The number of benzene rings is 1. The Balaban J connectivity index is 1.98. The van der Waals surface area contributed by atoms with Gasteiger partial charge in [0.2, 0.25) is 4.80 Å². The molecule has 0 saturated heterocycles. The number of thiazole rings is 1. The van der Waals surface area contributed by atoms with Crippen molar-refractivity contribution in [1.82, 2.24) is 9.66 Å². The Kier molecular flexibility index (Phi) is 4.77. The number of hydrogen-bond acceptors (Lipinski definition) is 5. The molecule has 1 N–H and O–H groups in total. The summed E-state index contributed by atoms with van der Waals surface area (Å²) in [5.74, 6) is 0.827. The van der Waals surface area contributed by atoms with Crippen molar-refractivity contribution in [2.75, 3.05) is 19.6 Å². The summed E-state index contributed by atoms with van der Waals surface area (Å²) >= 11 is 1.56. The van der Waals surface area contributed by atoms with Crippen LogP contribution in [-0.2, 0) is 0 Å². The molecule has 0 aliphatic rings. The first-order chi connectivity index (χ1) is 11.7. The van der Waals surface area contributed by atoms with Crippen LogP contribution >= 0.6 is 11.3 Å². The summed E-state index contributed by atoms with van der Waals surface area (Å²) in [6.07, 6.45) is 3.52. The second kappa shape index (κ2) is 7.14. The Labute approximate surface area is 144 Å². The number of aromatic nitrogens is 2. The molecule has 0 radical (unpaired) electrons. The Morgan fingerprint density at radius 2 is 2.08 bits per heavy atom. The minimum absolute atomic E-state index is 0.756. The van der Waals surface area contributed by atoms with Gasteiger partial charge < -0.3 is 4.74 Å². The van der Waals surface area contributed by atoms with Gasteiger partial charge in [-0.15, -0.1) is 11.3 Å². The third kappa shape index (κ3) is 3.23. The molecule has 122 valence electrons. The third-order valence-electron chi connectivity index (χ3n) is 3.54. The van der Waals surface area contributed by atoms with Gasteiger partial charge in [0.15, 0.2) is 0 Å². The molecular weight excluding hydrogens is 320 g/mol. The molecule has 0 bridgehead atoms. The molecule has 0 unspecified atom stereocenters. The van der Waals surface area contributed by atoms with E-state index in [9.17, 15) is 0 Å². The second-order valence-corrected chi connectivity index (χ2v) is 5.86. The lowest BCUT2D eigenvalue weighted by Gasteiger charge is -2.14. The van der Waals surface area contributed by atoms with Crippen molar-refractivity contribution < 1.29 is 4.74 Å². The molecule has 0 saturated carbocycles. The normalized spacial score (nSPS) is 11.3. The van der Waals surface area contributed by atoms with Gasteiger partial charge in [0, 0.05) is 35.9 Å². The lowest BCUT2D eigenvalue weighted by Crippen LogP contribution is -2.25. The zero-order chi connectivity index (χ0) is 16.9. The number of methoxy groups -OCH3 is 1. The standard InChI is InChI=1S/C18H18N4OS/c1-13(15-5-4-10-20-11-15)21-22-17(12-24-18(22)19-2)14-6-8-16(23-3)9-7-14/h4-12,21H,1H2,2-3H3. The number of rotatable bonds is 5. The quantitative estimate of drug-likeness (QED) is 0.776. The number of ether oxygens (including phenoxy) is 1. The fraction of sp³-hybridized carbons (Fsp3) is 0.111. The molecule has 0 atom stereocenters. The predicted octanol–water partition coefficient (Wildman–Crippen LogP) is 3.37. The highest BCUT2D eigenvalue weighted by molar-refractivity contribution is 7.07. The summed E-state index contributed by atoms with van der Waals surface area (Å²) in [7, 11) is 3.43. The van der Waals surface area contributed by atoms with Crippen molar-refractivity contribution in [1.29, 1.82) is 0 Å². The van der Waals surface area contributed by atoms with Crippen LogP contribution in [0, 0.1) is 0 Å². The van der Waals surface area contributed by atoms with Crippen molar-refractivity contribution in [2.24, 2.45) is 4.99 Å². The van der Waals surface area contributed by atoms with E-state index in [4.69, 9.17) is 4.74 Å². The third-order valence-corrected chi connectivity index (χ3v) is 4.46. The smallest absolute Gasteiger partial charge is 0.204 e. The average molecular weight is 338 g/mol. The van der Waals surface area contributed by atoms with E-state index < -0.39 is 0 Å². The number of nitrogens with one attached hydrogen (secondary N) is 1. The molecule has 2 aromatic heterocycles. The van der Waals surface area contributed by atoms with E-state index in [1.165, 1.54) is 0 Å². The highest BCUT2D eigenvalue weighted by Gasteiger charge is 2.09. The van der Waals surface area contributed by atoms with Crippen molar-refractivity contribution in [3.05, 3.63) is 71.1 Å². The van der Waals surface area contributed by atoms with E-state index in [0.717, 1.165) is 33.1 Å². The van der Waals surface area contributed by atoms with Gasteiger partial charge in [0.05, 0.1) is 18.5 Å². The topological polar surface area (TPSA) is 51.4 Å². The summed E-state index contributed by atoms with van der Waals surface area (Å²) in [5, 5.41) is 2.06. The maximum atomic E-state index is 5.22. The molecule has 0 aliphatic carbocycles. The highest BCUT2D eigenvalue weighted by Crippen LogP contribution is 2.23. The molecule has 0 aliphatic heterocycles. The van der Waals surface area contributed by atoms with Gasteiger partial charge in [0.25, 0.3) is 0 Å². The van der Waals surface area contributed by atoms with Crippen molar-refractivity contribution in [3.8, 4) is 17.0 Å². The molecule has 3 aromatic rings. The molecule has 24 heavy (non-hydrogen) atoms. The van der Waals surface area contributed by atoms with E-state index in [1.54, 1.807) is 37.9 Å². The van der Waals surface area contributed by atoms with Crippen LogP contribution in [0.4, 0.5) is 0 Å². The van der Waals surface area contributed by atoms with Gasteiger partial charge in [-0.3, -0.25) is 15.4 Å². The van der Waals surface area contributed by atoms with Gasteiger partial charge >= 0.3 is 0 Å². The lowest BCUT2D eigenvalue weighted by atomic mass is 10.2. The van der Waals surface area contributed by atoms with Crippen LogP contribution in [0.1, 0.15) is 5.56 Å². The lowest BCUT2D eigenvalue weighted by molar-refractivity contribution is 0.415. The number of nitrogens with zero attached hydrogens (tertiary/aromatic N) is 3. The Bertz CT molecular complexity index is 895. The first kappa shape index (κ1) is 16.0. The number of hydrogen-bond donors (Lipinski definition) is 1. The Hall–Kier alpha value is -2.86. The summed E-state index contributed by atoms with van der Waals surface area (Å²) in [6, 6.07) is 11.8. The first-order valence-electron chi connectivity index (χ1n) is 7.37. The summed E-state index contributed by atoms with van der Waals surface area (Å²) in [5.41, 5.74) is 7.08. The summed E-state index contributed by atoms with van der Waals surface area (Å²) in [6.45, 7) is 4.11. The van der Waals surface area contributed by atoms with Crippen LogP contribution < -0.4 is 15.0 Å². The van der Waals surface area contributed by atoms with Crippen LogP contribution in [0.15, 0.2) is 65.7 Å². The van der Waals surface area contributed by atoms with E-state index >= 15 is 0 Å². The van der Waals surface area contributed by atoms with Crippen molar-refractivity contribution >= 4 is 17.0 Å². The van der Waals surface area contributed by atoms with Crippen LogP contribution in [0.3, 0.4) is 0 Å². The van der Waals surface area contributed by atoms with Gasteiger partial charge in [-0.2, -0.15) is 0 Å². The largest absolute Gasteiger partial charge is 0.497 e. The molecular formula is C18H18N4OS. The molecule has 6 heteroatoms. The van der Waals surface area contributed by atoms with Gasteiger partial charge in [0.1, 0.15) is 5.75 Å². The predicted molar refractivity (Wildman–Crippen MR) is 98.4 cm³/mol. The van der Waals surface area contributed by atoms with Crippen LogP contribution in [0.2, 0.25) is 0 Å². The van der Waals surface area contributed by atoms with Crippen LogP contribution in [0.5, 0.6) is 5.75 Å². The maximum Gasteiger partial charge on any atom is 0.204 e. The van der Waals surface area contributed by atoms with Gasteiger partial charge in [-0.05, 0) is 36.4 Å². The van der Waals surface area contributed by atoms with Gasteiger partial charge in [-0.1, -0.05) is 6.58 Å². The van der Waals surface area contributed by atoms with Crippen molar-refractivity contribution in [2.45, 2.75) is 0 Å². The second-order valence-electron chi connectivity index (χ2n) is 5.02. The zero-order valence-electron chi connectivity index (χ0n) is 13.6. The molecule has 1 aromatic carbocycles. The molecule has 0 amide bonds. The minimum Gasteiger partial charge on any atom is -0.497 e. The highest BCUT2D eigenvalue weighted by atomic mass is 32.1. The zero-order valence-corrected chi connectivity index (χ0v) is 14.4. The minimum atomic E-state index is 0.756. The molecule has 5 nitrogen and oxygen atoms in total. The SMILES string of the molecule is C=C(Nn1c(-c2ccc(OC)cc2)csc1=NC)c1cccnc1. The van der Waals surface area contributed by atoms with E-state index in [0.29, 0.717) is 0 Å². The average Bonchev–Trinajstić information content (AvgIpc) is 3.05. The van der Waals surface area contributed by atoms with E-state index in [-0.39, 0.29) is 0 Å². The van der Waals surface area contributed by atoms with Crippen molar-refractivity contribution in [3.63, 3.8) is 0 Å². The van der Waals surface area contributed by atoms with E-state index in [1.807, 2.05) is 41.1 Å². The van der Waals surface area contributed by atoms with Crippen LogP contribution in [-0.4, -0.2) is 23.8 Å². The Morgan fingerprint density at radius 3 is 2.71 bits per heavy atom. The maximum absolute atomic E-state index is 5.22. The fourth-order valence-corrected chi connectivity index (χ4v) is 3.09. The summed E-state index contributed by atoms with van der Waals surface area (Å²) < 4.78 is 7.16. The monoisotopic (exact) mass is 338 g/mol. The summed E-state index contributed by atoms with van der Waals surface area (Å²) in [4.78, 5) is 9.32. The molecule has 2 heterocycles. The first-order valence-corrected chi connectivity index (χ1v) is 8.25. The van der Waals surface area contributed by atoms with Gasteiger partial charge in [-0.25, -0.2) is 4.68 Å². The number of pyridine rings is 1. The molecule has 3 rings (SSSR count). The molecule has 0 fully saturated rings. The van der Waals surface area contributed by atoms with E-state index in [2.05, 4.69) is 27.4 Å². The molecule has 0 spiro atoms. The Morgan fingerprint density at radius 1 is 1.29 bits per heavy atom. The fourth-order valence-electron chi connectivity index (χ4n) is 2.28.